The fourth-order valence-corrected chi connectivity index (χ4v) is 4.22. The highest BCUT2D eigenvalue weighted by atomic mass is 35.5. The van der Waals surface area contributed by atoms with Crippen molar-refractivity contribution in [3.8, 4) is 11.3 Å². The Morgan fingerprint density at radius 3 is 2.63 bits per heavy atom. The van der Waals surface area contributed by atoms with Crippen LogP contribution in [0.3, 0.4) is 0 Å². The number of nitrogens with one attached hydrogen (secondary N) is 1. The molecule has 2 aromatic carbocycles. The molecular weight excluding hydrogens is 409 g/mol. The van der Waals surface area contributed by atoms with Crippen LogP contribution in [-0.2, 0) is 18.2 Å². The maximum Gasteiger partial charge on any atom is 0.405 e. The van der Waals surface area contributed by atoms with Crippen molar-refractivity contribution >= 4 is 29.3 Å². The Bertz CT molecular complexity index is 1140. The fraction of sp³-hybridized carbons (Fsp3) is 0.182. The number of hydrogen-bond donors (Lipinski definition) is 2. The van der Waals surface area contributed by atoms with Gasteiger partial charge in [-0.15, -0.1) is 0 Å². The van der Waals surface area contributed by atoms with Gasteiger partial charge < -0.3 is 20.4 Å². The summed E-state index contributed by atoms with van der Waals surface area (Å²) in [5, 5.41) is 2.70. The largest absolute Gasteiger partial charge is 0.441 e. The standard InChI is InChI=1S/C22H19ClFN3O3/c1-27-19(12-5-3-2-4-6-12)18-14(8-10-17(18)30-22(25)29)20(27)21(28)26-13-7-9-16(24)15(23)11-13/h2-7,9,11,17H,8,10H2,1H3,(H2,25,29)(H,26,28). The number of carbonyl (C=O) groups is 2. The van der Waals surface area contributed by atoms with Crippen molar-refractivity contribution < 1.29 is 18.7 Å². The molecule has 0 bridgehead atoms. The Morgan fingerprint density at radius 1 is 1.23 bits per heavy atom. The van der Waals surface area contributed by atoms with E-state index < -0.39 is 18.0 Å². The molecule has 0 saturated heterocycles. The zero-order valence-corrected chi connectivity index (χ0v) is 16.9. The average molecular weight is 428 g/mol. The Balaban J connectivity index is 1.80. The predicted octanol–water partition coefficient (Wildman–Crippen LogP) is 4.82. The molecule has 1 unspecified atom stereocenters. The number of aromatic nitrogens is 1. The van der Waals surface area contributed by atoms with Gasteiger partial charge in [-0.1, -0.05) is 41.9 Å². The second-order valence-corrected chi connectivity index (χ2v) is 7.47. The molecule has 2 amide bonds. The lowest BCUT2D eigenvalue weighted by atomic mass is 10.0. The molecule has 4 rings (SSSR count). The second kappa shape index (κ2) is 7.84. The summed E-state index contributed by atoms with van der Waals surface area (Å²) in [6, 6.07) is 13.5. The number of benzene rings is 2. The van der Waals surface area contributed by atoms with Gasteiger partial charge in [-0.3, -0.25) is 4.79 Å². The smallest absolute Gasteiger partial charge is 0.405 e. The van der Waals surface area contributed by atoms with Crippen LogP contribution in [0.4, 0.5) is 14.9 Å². The van der Waals surface area contributed by atoms with E-state index in [2.05, 4.69) is 5.32 Å². The molecule has 0 fully saturated rings. The van der Waals surface area contributed by atoms with Crippen LogP contribution in [-0.4, -0.2) is 16.6 Å². The van der Waals surface area contributed by atoms with Crippen molar-refractivity contribution in [3.63, 3.8) is 0 Å². The lowest BCUT2D eigenvalue weighted by molar-refractivity contribution is 0.101. The summed E-state index contributed by atoms with van der Waals surface area (Å²) in [5.41, 5.74) is 9.34. The van der Waals surface area contributed by atoms with Gasteiger partial charge in [0.05, 0.1) is 10.7 Å². The second-order valence-electron chi connectivity index (χ2n) is 7.06. The number of rotatable bonds is 4. The molecule has 0 saturated carbocycles. The van der Waals surface area contributed by atoms with Gasteiger partial charge in [-0.25, -0.2) is 9.18 Å². The monoisotopic (exact) mass is 427 g/mol. The topological polar surface area (TPSA) is 86.3 Å². The van der Waals surface area contributed by atoms with Crippen molar-refractivity contribution in [3.05, 3.63) is 76.2 Å². The first-order chi connectivity index (χ1) is 14.4. The zero-order chi connectivity index (χ0) is 21.4. The van der Waals surface area contributed by atoms with E-state index >= 15 is 0 Å². The minimum absolute atomic E-state index is 0.0789. The molecule has 1 aliphatic carbocycles. The van der Waals surface area contributed by atoms with E-state index in [0.29, 0.717) is 24.2 Å². The minimum Gasteiger partial charge on any atom is -0.441 e. The SMILES string of the molecule is Cn1c(C(=O)Nc2ccc(F)c(Cl)c2)c2c(c1-c1ccccc1)C(OC(N)=O)CC2. The van der Waals surface area contributed by atoms with E-state index in [9.17, 15) is 14.0 Å². The van der Waals surface area contributed by atoms with Gasteiger partial charge in [-0.2, -0.15) is 0 Å². The number of amides is 2. The van der Waals surface area contributed by atoms with Crippen molar-refractivity contribution in [1.29, 1.82) is 0 Å². The molecule has 0 radical (unpaired) electrons. The molecule has 1 heterocycles. The van der Waals surface area contributed by atoms with Crippen molar-refractivity contribution in [1.82, 2.24) is 4.57 Å². The van der Waals surface area contributed by atoms with E-state index in [1.165, 1.54) is 18.2 Å². The van der Waals surface area contributed by atoms with Crippen molar-refractivity contribution in [2.75, 3.05) is 5.32 Å². The Morgan fingerprint density at radius 2 is 1.97 bits per heavy atom. The lowest BCUT2D eigenvalue weighted by Gasteiger charge is -2.15. The third kappa shape index (κ3) is 3.52. The molecule has 1 aliphatic rings. The number of carbonyl (C=O) groups excluding carboxylic acids is 2. The Labute approximate surface area is 177 Å². The van der Waals surface area contributed by atoms with E-state index in [0.717, 1.165) is 22.4 Å². The third-order valence-corrected chi connectivity index (χ3v) is 5.50. The number of nitrogens with zero attached hydrogens (tertiary/aromatic N) is 1. The van der Waals surface area contributed by atoms with Crippen molar-refractivity contribution in [2.45, 2.75) is 18.9 Å². The molecule has 1 aromatic heterocycles. The van der Waals surface area contributed by atoms with Gasteiger partial charge in [-0.05, 0) is 42.2 Å². The number of anilines is 1. The molecule has 3 N–H and O–H groups in total. The number of hydrogen-bond acceptors (Lipinski definition) is 3. The van der Waals surface area contributed by atoms with Gasteiger partial charge in [0.25, 0.3) is 5.91 Å². The lowest BCUT2D eigenvalue weighted by Crippen LogP contribution is -2.18. The molecule has 30 heavy (non-hydrogen) atoms. The van der Waals surface area contributed by atoms with Crippen LogP contribution in [0.15, 0.2) is 48.5 Å². The first kappa shape index (κ1) is 20.0. The van der Waals surface area contributed by atoms with E-state index in [-0.39, 0.29) is 10.9 Å². The molecular formula is C22H19ClFN3O3. The fourth-order valence-electron chi connectivity index (χ4n) is 4.04. The molecule has 8 heteroatoms. The van der Waals surface area contributed by atoms with Gasteiger partial charge in [0.1, 0.15) is 17.6 Å². The van der Waals surface area contributed by atoms with Crippen LogP contribution < -0.4 is 11.1 Å². The number of halogens is 2. The molecule has 1 atom stereocenters. The average Bonchev–Trinajstić information content (AvgIpc) is 3.22. The van der Waals surface area contributed by atoms with Gasteiger partial charge >= 0.3 is 6.09 Å². The van der Waals surface area contributed by atoms with E-state index in [4.69, 9.17) is 22.1 Å². The first-order valence-electron chi connectivity index (χ1n) is 9.36. The number of primary amides is 1. The molecule has 154 valence electrons. The van der Waals surface area contributed by atoms with Gasteiger partial charge in [0.15, 0.2) is 0 Å². The number of nitrogens with two attached hydrogens (primary N) is 1. The molecule has 0 spiro atoms. The maximum absolute atomic E-state index is 13.4. The van der Waals surface area contributed by atoms with Crippen molar-refractivity contribution in [2.24, 2.45) is 12.8 Å². The van der Waals surface area contributed by atoms with E-state index in [1.54, 1.807) is 11.6 Å². The van der Waals surface area contributed by atoms with Crippen LogP contribution in [0, 0.1) is 5.82 Å². The Hall–Kier alpha value is -3.32. The highest BCUT2D eigenvalue weighted by Gasteiger charge is 2.36. The minimum atomic E-state index is -0.859. The Kier molecular flexibility index (Phi) is 5.22. The van der Waals surface area contributed by atoms with Crippen LogP contribution >= 0.6 is 11.6 Å². The quantitative estimate of drug-likeness (QED) is 0.625. The molecule has 0 aliphatic heterocycles. The summed E-state index contributed by atoms with van der Waals surface area (Å²) in [6.07, 6.45) is -0.291. The zero-order valence-electron chi connectivity index (χ0n) is 16.1. The first-order valence-corrected chi connectivity index (χ1v) is 9.74. The normalized spacial score (nSPS) is 15.0. The predicted molar refractivity (Wildman–Crippen MR) is 112 cm³/mol. The highest BCUT2D eigenvalue weighted by molar-refractivity contribution is 6.31. The van der Waals surface area contributed by atoms with Crippen LogP contribution in [0.25, 0.3) is 11.3 Å². The van der Waals surface area contributed by atoms with Gasteiger partial charge in [0, 0.05) is 18.3 Å². The summed E-state index contributed by atoms with van der Waals surface area (Å²) in [6.45, 7) is 0. The summed E-state index contributed by atoms with van der Waals surface area (Å²) in [4.78, 5) is 24.6. The third-order valence-electron chi connectivity index (χ3n) is 5.21. The summed E-state index contributed by atoms with van der Waals surface area (Å²) >= 11 is 5.83. The number of fused-ring (bicyclic) bond motifs is 1. The molecule has 3 aromatic rings. The number of ether oxygens (including phenoxy) is 1. The highest BCUT2D eigenvalue weighted by Crippen LogP contribution is 2.44. The summed E-state index contributed by atoms with van der Waals surface area (Å²) in [7, 11) is 1.79. The van der Waals surface area contributed by atoms with Crippen LogP contribution in [0.5, 0.6) is 0 Å². The van der Waals surface area contributed by atoms with Crippen LogP contribution in [0.2, 0.25) is 5.02 Å². The van der Waals surface area contributed by atoms with E-state index in [1.807, 2.05) is 30.3 Å². The van der Waals surface area contributed by atoms with Crippen LogP contribution in [0.1, 0.15) is 34.1 Å². The maximum atomic E-state index is 13.4. The summed E-state index contributed by atoms with van der Waals surface area (Å²) in [5.74, 6) is -0.925. The molecule has 6 nitrogen and oxygen atoms in total. The summed E-state index contributed by atoms with van der Waals surface area (Å²) < 4.78 is 20.6. The van der Waals surface area contributed by atoms with Gasteiger partial charge in [0.2, 0.25) is 0 Å².